The SMILES string of the molecule is COc1cccc(C(=O)N(CCCN)C2CCCC2)c1O. The molecule has 1 aromatic carbocycles. The van der Waals surface area contributed by atoms with E-state index in [1.54, 1.807) is 18.2 Å². The molecule has 0 aliphatic heterocycles. The van der Waals surface area contributed by atoms with Crippen LogP contribution in [0, 0.1) is 0 Å². The number of nitrogens with two attached hydrogens (primary N) is 1. The normalized spacial score (nSPS) is 15.1. The van der Waals surface area contributed by atoms with Crippen molar-refractivity contribution in [3.8, 4) is 11.5 Å². The van der Waals surface area contributed by atoms with Crippen molar-refractivity contribution < 1.29 is 14.6 Å². The Morgan fingerprint density at radius 2 is 2.14 bits per heavy atom. The smallest absolute Gasteiger partial charge is 0.258 e. The van der Waals surface area contributed by atoms with Crippen LogP contribution in [0.5, 0.6) is 11.5 Å². The minimum absolute atomic E-state index is 0.0826. The van der Waals surface area contributed by atoms with Gasteiger partial charge in [0.15, 0.2) is 11.5 Å². The Labute approximate surface area is 125 Å². The first-order valence-electron chi connectivity index (χ1n) is 7.56. The number of rotatable bonds is 6. The highest BCUT2D eigenvalue weighted by atomic mass is 16.5. The number of phenolic OH excluding ortho intramolecular Hbond substituents is 1. The lowest BCUT2D eigenvalue weighted by atomic mass is 10.1. The van der Waals surface area contributed by atoms with Crippen LogP contribution in [0.25, 0.3) is 0 Å². The number of amides is 1. The van der Waals surface area contributed by atoms with E-state index in [-0.39, 0.29) is 17.7 Å². The maximum absolute atomic E-state index is 12.8. The Kier molecular flexibility index (Phi) is 5.44. The van der Waals surface area contributed by atoms with Crippen molar-refractivity contribution in [2.75, 3.05) is 20.2 Å². The Balaban J connectivity index is 2.24. The zero-order chi connectivity index (χ0) is 15.2. The summed E-state index contributed by atoms with van der Waals surface area (Å²) in [6.45, 7) is 1.19. The Morgan fingerprint density at radius 3 is 2.76 bits per heavy atom. The molecule has 116 valence electrons. The lowest BCUT2D eigenvalue weighted by Gasteiger charge is -2.29. The predicted octanol–water partition coefficient (Wildman–Crippen LogP) is 2.13. The van der Waals surface area contributed by atoms with Crippen LogP contribution >= 0.6 is 0 Å². The van der Waals surface area contributed by atoms with Crippen LogP contribution in [0.3, 0.4) is 0 Å². The largest absolute Gasteiger partial charge is 0.504 e. The van der Waals surface area contributed by atoms with Crippen molar-refractivity contribution in [3.05, 3.63) is 23.8 Å². The van der Waals surface area contributed by atoms with Gasteiger partial charge in [0.2, 0.25) is 0 Å². The highest BCUT2D eigenvalue weighted by Gasteiger charge is 2.28. The van der Waals surface area contributed by atoms with Gasteiger partial charge < -0.3 is 20.5 Å². The van der Waals surface area contributed by atoms with Crippen molar-refractivity contribution in [1.82, 2.24) is 4.90 Å². The zero-order valence-electron chi connectivity index (χ0n) is 12.5. The summed E-state index contributed by atoms with van der Waals surface area (Å²) < 4.78 is 5.08. The average Bonchev–Trinajstić information content (AvgIpc) is 3.02. The summed E-state index contributed by atoms with van der Waals surface area (Å²) in [5.74, 6) is 0.110. The molecule has 0 aromatic heterocycles. The third-order valence-corrected chi connectivity index (χ3v) is 4.08. The molecule has 1 amide bonds. The van der Waals surface area contributed by atoms with Crippen LogP contribution < -0.4 is 10.5 Å². The quantitative estimate of drug-likeness (QED) is 0.842. The van der Waals surface area contributed by atoms with Gasteiger partial charge in [-0.25, -0.2) is 0 Å². The van der Waals surface area contributed by atoms with E-state index in [0.29, 0.717) is 24.4 Å². The summed E-state index contributed by atoms with van der Waals surface area (Å²) in [4.78, 5) is 14.7. The maximum atomic E-state index is 12.8. The number of carbonyl (C=O) groups excluding carboxylic acids is 1. The third-order valence-electron chi connectivity index (χ3n) is 4.08. The number of nitrogens with zero attached hydrogens (tertiary/aromatic N) is 1. The van der Waals surface area contributed by atoms with Crippen LogP contribution in [0.2, 0.25) is 0 Å². The molecule has 0 bridgehead atoms. The summed E-state index contributed by atoms with van der Waals surface area (Å²) in [6.07, 6.45) is 5.14. The van der Waals surface area contributed by atoms with Gasteiger partial charge in [0, 0.05) is 12.6 Å². The minimum atomic E-state index is -0.133. The second-order valence-corrected chi connectivity index (χ2v) is 5.44. The van der Waals surface area contributed by atoms with E-state index in [1.807, 2.05) is 4.90 Å². The number of aromatic hydroxyl groups is 1. The fourth-order valence-corrected chi connectivity index (χ4v) is 2.94. The molecule has 0 heterocycles. The zero-order valence-corrected chi connectivity index (χ0v) is 12.5. The monoisotopic (exact) mass is 292 g/mol. The van der Waals surface area contributed by atoms with Crippen LogP contribution in [0.1, 0.15) is 42.5 Å². The highest BCUT2D eigenvalue weighted by Crippen LogP contribution is 2.32. The van der Waals surface area contributed by atoms with E-state index in [9.17, 15) is 9.90 Å². The average molecular weight is 292 g/mol. The van der Waals surface area contributed by atoms with Crippen molar-refractivity contribution in [2.45, 2.75) is 38.1 Å². The van der Waals surface area contributed by atoms with E-state index in [0.717, 1.165) is 32.1 Å². The Morgan fingerprint density at radius 1 is 1.43 bits per heavy atom. The molecular weight excluding hydrogens is 268 g/mol. The van der Waals surface area contributed by atoms with E-state index >= 15 is 0 Å². The van der Waals surface area contributed by atoms with Crippen molar-refractivity contribution in [3.63, 3.8) is 0 Å². The summed E-state index contributed by atoms with van der Waals surface area (Å²) in [5, 5.41) is 10.2. The van der Waals surface area contributed by atoms with Crippen molar-refractivity contribution in [2.24, 2.45) is 5.73 Å². The number of hydrogen-bond donors (Lipinski definition) is 2. The van der Waals surface area contributed by atoms with Crippen molar-refractivity contribution >= 4 is 5.91 Å². The molecule has 1 aliphatic rings. The molecule has 1 aliphatic carbocycles. The minimum Gasteiger partial charge on any atom is -0.504 e. The Bertz CT molecular complexity index is 484. The first kappa shape index (κ1) is 15.6. The number of phenols is 1. The molecule has 1 aromatic rings. The summed E-state index contributed by atoms with van der Waals surface area (Å²) in [5.41, 5.74) is 5.89. The standard InChI is InChI=1S/C16H24N2O3/c1-21-14-9-4-8-13(15(14)19)16(20)18(11-5-10-17)12-6-2-3-7-12/h4,8-9,12,19H,2-3,5-7,10-11,17H2,1H3. The maximum Gasteiger partial charge on any atom is 0.258 e. The summed E-state index contributed by atoms with van der Waals surface area (Å²) in [6, 6.07) is 5.27. The number of ether oxygens (including phenoxy) is 1. The van der Waals surface area contributed by atoms with Gasteiger partial charge in [0.05, 0.1) is 12.7 Å². The van der Waals surface area contributed by atoms with Gasteiger partial charge in [-0.1, -0.05) is 18.9 Å². The van der Waals surface area contributed by atoms with Crippen LogP contribution in [-0.4, -0.2) is 42.2 Å². The van der Waals surface area contributed by atoms with Gasteiger partial charge in [-0.3, -0.25) is 4.79 Å². The Hall–Kier alpha value is -1.75. The first-order valence-corrected chi connectivity index (χ1v) is 7.56. The van der Waals surface area contributed by atoms with E-state index in [1.165, 1.54) is 7.11 Å². The number of hydrogen-bond acceptors (Lipinski definition) is 4. The van der Waals surface area contributed by atoms with Crippen LogP contribution in [-0.2, 0) is 0 Å². The molecule has 1 saturated carbocycles. The number of carbonyl (C=O) groups is 1. The molecule has 1 fully saturated rings. The topological polar surface area (TPSA) is 75.8 Å². The number of benzene rings is 1. The molecule has 0 radical (unpaired) electrons. The highest BCUT2D eigenvalue weighted by molar-refractivity contribution is 5.97. The van der Waals surface area contributed by atoms with E-state index < -0.39 is 0 Å². The molecular formula is C16H24N2O3. The second kappa shape index (κ2) is 7.31. The van der Waals surface area contributed by atoms with Gasteiger partial charge in [0.25, 0.3) is 5.91 Å². The molecule has 21 heavy (non-hydrogen) atoms. The molecule has 0 saturated heterocycles. The van der Waals surface area contributed by atoms with Crippen molar-refractivity contribution in [1.29, 1.82) is 0 Å². The number of para-hydroxylation sites is 1. The van der Waals surface area contributed by atoms with Gasteiger partial charge in [-0.2, -0.15) is 0 Å². The van der Waals surface area contributed by atoms with E-state index in [2.05, 4.69) is 0 Å². The lowest BCUT2D eigenvalue weighted by molar-refractivity contribution is 0.0676. The molecule has 5 heteroatoms. The van der Waals surface area contributed by atoms with Crippen LogP contribution in [0.4, 0.5) is 0 Å². The molecule has 5 nitrogen and oxygen atoms in total. The molecule has 0 unspecified atom stereocenters. The molecule has 0 atom stereocenters. The number of methoxy groups -OCH3 is 1. The lowest BCUT2D eigenvalue weighted by Crippen LogP contribution is -2.40. The van der Waals surface area contributed by atoms with Gasteiger partial charge in [0.1, 0.15) is 0 Å². The molecule has 3 N–H and O–H groups in total. The van der Waals surface area contributed by atoms with Gasteiger partial charge >= 0.3 is 0 Å². The summed E-state index contributed by atoms with van der Waals surface area (Å²) in [7, 11) is 1.48. The first-order chi connectivity index (χ1) is 10.2. The second-order valence-electron chi connectivity index (χ2n) is 5.44. The van der Waals surface area contributed by atoms with Gasteiger partial charge in [-0.15, -0.1) is 0 Å². The molecule has 2 rings (SSSR count). The fourth-order valence-electron chi connectivity index (χ4n) is 2.94. The predicted molar refractivity (Wildman–Crippen MR) is 81.6 cm³/mol. The fraction of sp³-hybridized carbons (Fsp3) is 0.562. The summed E-state index contributed by atoms with van der Waals surface area (Å²) >= 11 is 0. The molecule has 0 spiro atoms. The third kappa shape index (κ3) is 3.47. The van der Waals surface area contributed by atoms with Crippen LogP contribution in [0.15, 0.2) is 18.2 Å². The van der Waals surface area contributed by atoms with Gasteiger partial charge in [-0.05, 0) is 37.9 Å². The van der Waals surface area contributed by atoms with E-state index in [4.69, 9.17) is 10.5 Å².